The molecule has 3 rings (SSSR count). The van der Waals surface area contributed by atoms with Crippen molar-refractivity contribution < 1.29 is 9.32 Å². The third kappa shape index (κ3) is 6.85. The summed E-state index contributed by atoms with van der Waals surface area (Å²) in [6.07, 6.45) is 14.1. The summed E-state index contributed by atoms with van der Waals surface area (Å²) in [5.41, 5.74) is 1.55. The summed E-state index contributed by atoms with van der Waals surface area (Å²) in [5.74, 6) is 1.12. The van der Waals surface area contributed by atoms with Crippen LogP contribution in [0.15, 0.2) is 53.0 Å². The Labute approximate surface area is 191 Å². The summed E-state index contributed by atoms with van der Waals surface area (Å²) in [6.45, 7) is 5.59. The first-order chi connectivity index (χ1) is 15.7. The molecule has 1 aliphatic heterocycles. The van der Waals surface area contributed by atoms with Crippen molar-refractivity contribution in [3.63, 3.8) is 0 Å². The number of aldehydes is 1. The van der Waals surface area contributed by atoms with E-state index in [9.17, 15) is 4.79 Å². The second kappa shape index (κ2) is 12.9. The number of benzene rings is 1. The molecule has 1 aromatic heterocycles. The number of piperidine rings is 1. The SMILES string of the molecule is CCCC/C=C\CN(C)/C(=C\NC(C=O)NCc1noc2ccccc12)N1CCCCC1. The van der Waals surface area contributed by atoms with Crippen LogP contribution in [-0.2, 0) is 11.3 Å². The van der Waals surface area contributed by atoms with Crippen LogP contribution in [0, 0.1) is 0 Å². The highest BCUT2D eigenvalue weighted by molar-refractivity contribution is 5.79. The fraction of sp³-hybridized carbons (Fsp3) is 0.520. The second-order valence-electron chi connectivity index (χ2n) is 8.33. The third-order valence-electron chi connectivity index (χ3n) is 5.81. The van der Waals surface area contributed by atoms with Gasteiger partial charge in [-0.15, -0.1) is 0 Å². The third-order valence-corrected chi connectivity index (χ3v) is 5.81. The van der Waals surface area contributed by atoms with Crippen molar-refractivity contribution in [2.75, 3.05) is 26.7 Å². The Morgan fingerprint density at radius 2 is 2.06 bits per heavy atom. The van der Waals surface area contributed by atoms with Crippen LogP contribution in [0.3, 0.4) is 0 Å². The molecule has 2 aromatic rings. The van der Waals surface area contributed by atoms with Gasteiger partial charge in [0.25, 0.3) is 0 Å². The Kier molecular flexibility index (Phi) is 9.62. The number of carbonyl (C=O) groups excluding carboxylic acids is 1. The molecule has 7 heteroatoms. The van der Waals surface area contributed by atoms with Crippen molar-refractivity contribution in [1.82, 2.24) is 25.6 Å². The molecule has 32 heavy (non-hydrogen) atoms. The quantitative estimate of drug-likeness (QED) is 0.212. The minimum Gasteiger partial charge on any atom is -0.367 e. The summed E-state index contributed by atoms with van der Waals surface area (Å²) < 4.78 is 5.36. The highest BCUT2D eigenvalue weighted by atomic mass is 16.5. The van der Waals surface area contributed by atoms with E-state index >= 15 is 0 Å². The normalized spacial score (nSPS) is 15.9. The Morgan fingerprint density at radius 1 is 1.25 bits per heavy atom. The first kappa shape index (κ1) is 23.9. The summed E-state index contributed by atoms with van der Waals surface area (Å²) in [4.78, 5) is 16.4. The molecule has 1 saturated heterocycles. The molecule has 2 N–H and O–H groups in total. The standard InChI is InChI=1S/C25H37N5O2/c1-3-4-5-6-10-15-29(2)25(30-16-11-7-12-17-30)19-27-24(20-31)26-18-22-21-13-8-9-14-23(21)32-28-22/h6,8-10,13-14,19-20,24,26-27H,3-5,7,11-12,15-18H2,1-2H3/b10-6-,25-19+. The van der Waals surface area contributed by atoms with Crippen LogP contribution < -0.4 is 10.6 Å². The first-order valence-electron chi connectivity index (χ1n) is 11.8. The molecule has 1 aliphatic rings. The van der Waals surface area contributed by atoms with Crippen molar-refractivity contribution in [2.24, 2.45) is 0 Å². The lowest BCUT2D eigenvalue weighted by molar-refractivity contribution is -0.110. The van der Waals surface area contributed by atoms with E-state index in [1.807, 2.05) is 30.5 Å². The number of para-hydroxylation sites is 1. The lowest BCUT2D eigenvalue weighted by Gasteiger charge is -2.36. The molecule has 1 fully saturated rings. The molecule has 2 heterocycles. The fourth-order valence-electron chi connectivity index (χ4n) is 3.91. The van der Waals surface area contributed by atoms with Gasteiger partial charge in [-0.25, -0.2) is 0 Å². The number of carbonyl (C=O) groups is 1. The van der Waals surface area contributed by atoms with Crippen molar-refractivity contribution in [2.45, 2.75) is 58.2 Å². The molecular formula is C25H37N5O2. The molecule has 1 aromatic carbocycles. The molecule has 0 aliphatic carbocycles. The predicted molar refractivity (Wildman–Crippen MR) is 129 cm³/mol. The number of hydrogen-bond donors (Lipinski definition) is 2. The highest BCUT2D eigenvalue weighted by Gasteiger charge is 2.17. The van der Waals surface area contributed by atoms with Crippen LogP contribution in [0.5, 0.6) is 0 Å². The molecule has 0 bridgehead atoms. The summed E-state index contributed by atoms with van der Waals surface area (Å²) >= 11 is 0. The Balaban J connectivity index is 1.62. The monoisotopic (exact) mass is 439 g/mol. The van der Waals surface area contributed by atoms with Crippen LogP contribution in [-0.4, -0.2) is 54.1 Å². The Hall–Kier alpha value is -2.80. The number of nitrogens with zero attached hydrogens (tertiary/aromatic N) is 3. The van der Waals surface area contributed by atoms with Crippen molar-refractivity contribution in [3.8, 4) is 0 Å². The van der Waals surface area contributed by atoms with Crippen LogP contribution in [0.4, 0.5) is 0 Å². The van der Waals surface area contributed by atoms with E-state index in [2.05, 4.69) is 51.7 Å². The van der Waals surface area contributed by atoms with Crippen LogP contribution in [0.2, 0.25) is 0 Å². The van der Waals surface area contributed by atoms with E-state index in [4.69, 9.17) is 4.52 Å². The molecule has 0 radical (unpaired) electrons. The predicted octanol–water partition coefficient (Wildman–Crippen LogP) is 4.00. The molecule has 0 spiro atoms. The minimum absolute atomic E-state index is 0.441. The van der Waals surface area contributed by atoms with Gasteiger partial charge in [0.05, 0.1) is 0 Å². The lowest BCUT2D eigenvalue weighted by Crippen LogP contribution is -2.43. The van der Waals surface area contributed by atoms with Gasteiger partial charge >= 0.3 is 0 Å². The van der Waals surface area contributed by atoms with Crippen LogP contribution in [0.25, 0.3) is 11.0 Å². The van der Waals surface area contributed by atoms with E-state index in [0.717, 1.165) is 54.8 Å². The maximum atomic E-state index is 11.7. The molecule has 174 valence electrons. The second-order valence-corrected chi connectivity index (χ2v) is 8.33. The van der Waals surface area contributed by atoms with E-state index in [-0.39, 0.29) is 0 Å². The fourth-order valence-corrected chi connectivity index (χ4v) is 3.91. The summed E-state index contributed by atoms with van der Waals surface area (Å²) in [7, 11) is 2.11. The van der Waals surface area contributed by atoms with E-state index in [0.29, 0.717) is 6.54 Å². The largest absolute Gasteiger partial charge is 0.367 e. The van der Waals surface area contributed by atoms with Crippen LogP contribution >= 0.6 is 0 Å². The maximum Gasteiger partial charge on any atom is 0.167 e. The number of likely N-dealkylation sites (N-methyl/N-ethyl adjacent to an activating group) is 1. The lowest BCUT2D eigenvalue weighted by atomic mass is 10.1. The number of hydrogen-bond acceptors (Lipinski definition) is 7. The number of aromatic nitrogens is 1. The zero-order valence-corrected chi connectivity index (χ0v) is 19.4. The van der Waals surface area contributed by atoms with Crippen LogP contribution in [0.1, 0.15) is 51.1 Å². The average Bonchev–Trinajstić information content (AvgIpc) is 3.25. The Bertz CT molecular complexity index is 885. The van der Waals surface area contributed by atoms with Crippen molar-refractivity contribution in [3.05, 3.63) is 54.1 Å². The average molecular weight is 440 g/mol. The molecule has 1 atom stereocenters. The van der Waals surface area contributed by atoms with Gasteiger partial charge in [0.1, 0.15) is 17.7 Å². The molecule has 7 nitrogen and oxygen atoms in total. The first-order valence-corrected chi connectivity index (χ1v) is 11.8. The van der Waals surface area contributed by atoms with Gasteiger partial charge in [-0.2, -0.15) is 0 Å². The maximum absolute atomic E-state index is 11.7. The number of rotatable bonds is 13. The van der Waals surface area contributed by atoms with E-state index in [1.165, 1.54) is 32.1 Å². The van der Waals surface area contributed by atoms with Gasteiger partial charge in [0, 0.05) is 44.8 Å². The minimum atomic E-state index is -0.515. The van der Waals surface area contributed by atoms with Gasteiger partial charge in [-0.05, 0) is 37.8 Å². The zero-order chi connectivity index (χ0) is 22.6. The molecular weight excluding hydrogens is 402 g/mol. The van der Waals surface area contributed by atoms with Gasteiger partial charge in [0.2, 0.25) is 0 Å². The number of unbranched alkanes of at least 4 members (excludes halogenated alkanes) is 2. The number of likely N-dealkylation sites (tertiary alicyclic amines) is 1. The zero-order valence-electron chi connectivity index (χ0n) is 19.4. The van der Waals surface area contributed by atoms with Crippen molar-refractivity contribution in [1.29, 1.82) is 0 Å². The topological polar surface area (TPSA) is 73.6 Å². The number of fused-ring (bicyclic) bond motifs is 1. The van der Waals surface area contributed by atoms with Gasteiger partial charge < -0.3 is 19.6 Å². The molecule has 0 amide bonds. The molecule has 1 unspecified atom stereocenters. The smallest absolute Gasteiger partial charge is 0.167 e. The Morgan fingerprint density at radius 3 is 2.84 bits per heavy atom. The molecule has 0 saturated carbocycles. The van der Waals surface area contributed by atoms with E-state index < -0.39 is 6.17 Å². The number of nitrogens with one attached hydrogen (secondary N) is 2. The van der Waals surface area contributed by atoms with Crippen molar-refractivity contribution >= 4 is 17.3 Å². The van der Waals surface area contributed by atoms with Gasteiger partial charge in [-0.1, -0.05) is 49.2 Å². The van der Waals surface area contributed by atoms with Gasteiger partial charge in [-0.3, -0.25) is 10.1 Å². The number of allylic oxidation sites excluding steroid dienone is 1. The summed E-state index contributed by atoms with van der Waals surface area (Å²) in [6, 6.07) is 7.74. The highest BCUT2D eigenvalue weighted by Crippen LogP contribution is 2.18. The summed E-state index contributed by atoms with van der Waals surface area (Å²) in [5, 5.41) is 11.6. The van der Waals surface area contributed by atoms with E-state index in [1.54, 1.807) is 0 Å². The van der Waals surface area contributed by atoms with Gasteiger partial charge in [0.15, 0.2) is 11.9 Å².